The first kappa shape index (κ1) is 15.8. The van der Waals surface area contributed by atoms with Gasteiger partial charge in [0, 0.05) is 19.6 Å². The number of rotatable bonds is 7. The van der Waals surface area contributed by atoms with Crippen LogP contribution in [-0.2, 0) is 17.9 Å². The van der Waals surface area contributed by atoms with Gasteiger partial charge in [0.1, 0.15) is 0 Å². The molecule has 9 nitrogen and oxygen atoms in total. The summed E-state index contributed by atoms with van der Waals surface area (Å²) < 4.78 is 3.06. The molecular formula is C13H19N5O4. The van der Waals surface area contributed by atoms with Gasteiger partial charge in [-0.25, -0.2) is 4.79 Å². The molecule has 2 heterocycles. The molecule has 2 aromatic rings. The Kier molecular flexibility index (Phi) is 4.64. The van der Waals surface area contributed by atoms with Crippen molar-refractivity contribution < 1.29 is 9.90 Å². The van der Waals surface area contributed by atoms with Crippen molar-refractivity contribution in [2.24, 2.45) is 0 Å². The van der Waals surface area contributed by atoms with Crippen LogP contribution in [0.15, 0.2) is 9.59 Å². The molecule has 0 aromatic carbocycles. The van der Waals surface area contributed by atoms with Gasteiger partial charge in [-0.1, -0.05) is 6.92 Å². The van der Waals surface area contributed by atoms with Gasteiger partial charge in [0.25, 0.3) is 5.56 Å². The molecule has 0 aliphatic rings. The minimum atomic E-state index is -0.924. The van der Waals surface area contributed by atoms with E-state index in [1.807, 2.05) is 13.8 Å². The number of aryl methyl sites for hydroxylation is 2. The highest BCUT2D eigenvalue weighted by Gasteiger charge is 2.17. The summed E-state index contributed by atoms with van der Waals surface area (Å²) in [7, 11) is 0. The summed E-state index contributed by atoms with van der Waals surface area (Å²) in [5.74, 6) is -0.535. The van der Waals surface area contributed by atoms with Crippen molar-refractivity contribution >= 4 is 23.1 Å². The number of hydrogen-bond donors (Lipinski definition) is 3. The Morgan fingerprint density at radius 1 is 1.32 bits per heavy atom. The lowest BCUT2D eigenvalue weighted by Crippen LogP contribution is -2.31. The zero-order valence-electron chi connectivity index (χ0n) is 12.5. The number of carboxylic acids is 1. The molecule has 0 aliphatic heterocycles. The molecule has 0 saturated carbocycles. The second kappa shape index (κ2) is 6.46. The number of carbonyl (C=O) groups is 1. The number of fused-ring (bicyclic) bond motifs is 1. The first-order valence-electron chi connectivity index (χ1n) is 7.18. The molecule has 0 fully saturated rings. The summed E-state index contributed by atoms with van der Waals surface area (Å²) in [6, 6.07) is 0. The van der Waals surface area contributed by atoms with Crippen LogP contribution in [-0.4, -0.2) is 36.7 Å². The molecule has 0 atom stereocenters. The van der Waals surface area contributed by atoms with Crippen LogP contribution in [0.4, 0.5) is 5.95 Å². The fourth-order valence-corrected chi connectivity index (χ4v) is 2.33. The van der Waals surface area contributed by atoms with E-state index >= 15 is 0 Å². The summed E-state index contributed by atoms with van der Waals surface area (Å²) in [5, 5.41) is 11.6. The molecule has 0 radical (unpaired) electrons. The number of aromatic amines is 1. The van der Waals surface area contributed by atoms with Gasteiger partial charge < -0.3 is 15.0 Å². The predicted octanol–water partition coefficient (Wildman–Crippen LogP) is 0.203. The van der Waals surface area contributed by atoms with Gasteiger partial charge in [0.2, 0.25) is 5.95 Å². The van der Waals surface area contributed by atoms with Gasteiger partial charge in [-0.3, -0.25) is 19.1 Å². The number of nitrogens with zero attached hydrogens (tertiary/aromatic N) is 3. The Balaban J connectivity index is 2.57. The number of anilines is 1. The van der Waals surface area contributed by atoms with E-state index in [-0.39, 0.29) is 13.0 Å². The quantitative estimate of drug-likeness (QED) is 0.671. The zero-order chi connectivity index (χ0) is 16.3. The van der Waals surface area contributed by atoms with Crippen LogP contribution in [0, 0.1) is 0 Å². The Labute approximate surface area is 125 Å². The van der Waals surface area contributed by atoms with Crippen molar-refractivity contribution in [3.63, 3.8) is 0 Å². The lowest BCUT2D eigenvalue weighted by Gasteiger charge is -2.06. The Bertz CT molecular complexity index is 801. The monoisotopic (exact) mass is 309 g/mol. The highest BCUT2D eigenvalue weighted by Crippen LogP contribution is 2.15. The SMILES string of the molecule is CCCn1c(=O)[nH]c(=O)c2c1nc(NCCC(=O)O)n2CC. The molecule has 0 unspecified atom stereocenters. The average Bonchev–Trinajstić information content (AvgIpc) is 2.82. The van der Waals surface area contributed by atoms with Crippen molar-refractivity contribution in [3.05, 3.63) is 20.8 Å². The number of nitrogens with one attached hydrogen (secondary N) is 2. The molecule has 2 rings (SSSR count). The molecule has 0 bridgehead atoms. The van der Waals surface area contributed by atoms with E-state index in [4.69, 9.17) is 5.11 Å². The maximum atomic E-state index is 12.1. The molecule has 0 saturated heterocycles. The molecule has 0 amide bonds. The third-order valence-corrected chi connectivity index (χ3v) is 3.27. The van der Waals surface area contributed by atoms with Gasteiger partial charge in [0.05, 0.1) is 6.42 Å². The second-order valence-corrected chi connectivity index (χ2v) is 4.83. The summed E-state index contributed by atoms with van der Waals surface area (Å²) >= 11 is 0. The standard InChI is InChI=1S/C13H19N5O4/c1-3-7-18-10-9(11(21)16-13(18)22)17(4-2)12(15-10)14-6-5-8(19)20/h3-7H2,1-2H3,(H,14,15)(H,19,20)(H,16,21,22). The molecule has 3 N–H and O–H groups in total. The van der Waals surface area contributed by atoms with Crippen LogP contribution in [0.5, 0.6) is 0 Å². The molecule has 0 aliphatic carbocycles. The van der Waals surface area contributed by atoms with E-state index in [0.717, 1.165) is 6.42 Å². The van der Waals surface area contributed by atoms with Gasteiger partial charge in [0.15, 0.2) is 11.2 Å². The molecular weight excluding hydrogens is 290 g/mol. The number of H-pyrrole nitrogens is 1. The highest BCUT2D eigenvalue weighted by atomic mass is 16.4. The maximum absolute atomic E-state index is 12.1. The van der Waals surface area contributed by atoms with Crippen molar-refractivity contribution in [2.75, 3.05) is 11.9 Å². The van der Waals surface area contributed by atoms with Gasteiger partial charge in [-0.15, -0.1) is 0 Å². The van der Waals surface area contributed by atoms with E-state index in [1.54, 1.807) is 4.57 Å². The van der Waals surface area contributed by atoms with E-state index < -0.39 is 17.2 Å². The van der Waals surface area contributed by atoms with Gasteiger partial charge in [-0.05, 0) is 13.3 Å². The van der Waals surface area contributed by atoms with Crippen molar-refractivity contribution in [1.29, 1.82) is 0 Å². The molecule has 0 spiro atoms. The number of hydrogen-bond acceptors (Lipinski definition) is 5. The lowest BCUT2D eigenvalue weighted by atomic mass is 10.4. The number of aliphatic carboxylic acids is 1. The van der Waals surface area contributed by atoms with Crippen LogP contribution < -0.4 is 16.6 Å². The molecule has 120 valence electrons. The number of aromatic nitrogens is 4. The normalized spacial score (nSPS) is 11.0. The second-order valence-electron chi connectivity index (χ2n) is 4.83. The van der Waals surface area contributed by atoms with Crippen LogP contribution in [0.2, 0.25) is 0 Å². The largest absolute Gasteiger partial charge is 0.481 e. The van der Waals surface area contributed by atoms with Crippen LogP contribution in [0.1, 0.15) is 26.7 Å². The van der Waals surface area contributed by atoms with E-state index in [1.165, 1.54) is 4.57 Å². The van der Waals surface area contributed by atoms with E-state index in [2.05, 4.69) is 15.3 Å². The third-order valence-electron chi connectivity index (χ3n) is 3.27. The van der Waals surface area contributed by atoms with Crippen molar-refractivity contribution in [3.8, 4) is 0 Å². The van der Waals surface area contributed by atoms with Crippen molar-refractivity contribution in [2.45, 2.75) is 39.8 Å². The maximum Gasteiger partial charge on any atom is 0.330 e. The average molecular weight is 309 g/mol. The minimum Gasteiger partial charge on any atom is -0.481 e. The first-order chi connectivity index (χ1) is 10.5. The van der Waals surface area contributed by atoms with Gasteiger partial charge in [-0.2, -0.15) is 4.98 Å². The summed E-state index contributed by atoms with van der Waals surface area (Å²) in [5.41, 5.74) is -0.353. The fourth-order valence-electron chi connectivity index (χ4n) is 2.33. The smallest absolute Gasteiger partial charge is 0.330 e. The van der Waals surface area contributed by atoms with E-state index in [0.29, 0.717) is 30.2 Å². The lowest BCUT2D eigenvalue weighted by molar-refractivity contribution is -0.136. The predicted molar refractivity (Wildman–Crippen MR) is 81.3 cm³/mol. The Hall–Kier alpha value is -2.58. The first-order valence-corrected chi connectivity index (χ1v) is 7.18. The molecule has 9 heteroatoms. The number of carboxylic acid groups (broad SMARTS) is 1. The topological polar surface area (TPSA) is 122 Å². The van der Waals surface area contributed by atoms with Gasteiger partial charge >= 0.3 is 11.7 Å². The number of imidazole rings is 1. The minimum absolute atomic E-state index is 0.0644. The van der Waals surface area contributed by atoms with E-state index in [9.17, 15) is 14.4 Å². The van der Waals surface area contributed by atoms with Crippen LogP contribution in [0.3, 0.4) is 0 Å². The van der Waals surface area contributed by atoms with Crippen LogP contribution >= 0.6 is 0 Å². The summed E-state index contributed by atoms with van der Waals surface area (Å²) in [6.45, 7) is 4.87. The van der Waals surface area contributed by atoms with Crippen molar-refractivity contribution in [1.82, 2.24) is 19.1 Å². The fraction of sp³-hybridized carbons (Fsp3) is 0.538. The Morgan fingerprint density at radius 3 is 2.64 bits per heavy atom. The zero-order valence-corrected chi connectivity index (χ0v) is 12.5. The molecule has 2 aromatic heterocycles. The highest BCUT2D eigenvalue weighted by molar-refractivity contribution is 5.74. The third kappa shape index (κ3) is 2.87. The summed E-state index contributed by atoms with van der Waals surface area (Å²) in [6.07, 6.45) is 0.660. The van der Waals surface area contributed by atoms with Crippen LogP contribution in [0.25, 0.3) is 11.2 Å². The molecule has 22 heavy (non-hydrogen) atoms. The Morgan fingerprint density at radius 2 is 2.05 bits per heavy atom. The summed E-state index contributed by atoms with van der Waals surface area (Å²) in [4.78, 5) is 41.2.